The van der Waals surface area contributed by atoms with E-state index >= 15 is 0 Å². The fourth-order valence-electron chi connectivity index (χ4n) is 4.19. The number of anilines is 1. The maximum Gasteiger partial charge on any atom is 0.137 e. The van der Waals surface area contributed by atoms with Gasteiger partial charge < -0.3 is 10.2 Å². The van der Waals surface area contributed by atoms with Gasteiger partial charge in [-0.1, -0.05) is 66.8 Å². The molecule has 1 saturated heterocycles. The van der Waals surface area contributed by atoms with Crippen LogP contribution in [0.15, 0.2) is 47.6 Å². The normalized spacial score (nSPS) is 19.8. The van der Waals surface area contributed by atoms with Gasteiger partial charge >= 0.3 is 0 Å². The third kappa shape index (κ3) is 5.54. The van der Waals surface area contributed by atoms with Gasteiger partial charge in [-0.15, -0.1) is 0 Å². The molecule has 170 valence electrons. The van der Waals surface area contributed by atoms with Crippen molar-refractivity contribution in [1.29, 1.82) is 0 Å². The zero-order valence-electron chi connectivity index (χ0n) is 18.2. The molecule has 0 aliphatic carbocycles. The fourth-order valence-corrected chi connectivity index (χ4v) is 4.94. The number of thiocarbonyl (C=S) groups is 1. The van der Waals surface area contributed by atoms with Crippen LogP contribution in [0.4, 0.5) is 5.69 Å². The van der Waals surface area contributed by atoms with Gasteiger partial charge in [0.2, 0.25) is 0 Å². The Kier molecular flexibility index (Phi) is 7.89. The topological polar surface area (TPSA) is 40.1 Å². The summed E-state index contributed by atoms with van der Waals surface area (Å²) in [6.07, 6.45) is 6.92. The molecule has 8 heteroatoms. The lowest BCUT2D eigenvalue weighted by Gasteiger charge is -2.26. The number of hydrogen-bond acceptors (Lipinski definition) is 5. The number of nitrogens with one attached hydrogen (secondary N) is 1. The number of hydrazone groups is 1. The highest BCUT2D eigenvalue weighted by Gasteiger charge is 2.32. The van der Waals surface area contributed by atoms with E-state index < -0.39 is 0 Å². The van der Waals surface area contributed by atoms with Gasteiger partial charge in [0.1, 0.15) is 10.7 Å². The van der Waals surface area contributed by atoms with Gasteiger partial charge in [0.25, 0.3) is 0 Å². The number of nitrogens with zero attached hydrogens (tertiary/aromatic N) is 3. The molecule has 4 rings (SSSR count). The van der Waals surface area contributed by atoms with E-state index in [2.05, 4.69) is 22.6 Å². The Morgan fingerprint density at radius 1 is 1.03 bits per heavy atom. The average Bonchev–Trinajstić information content (AvgIpc) is 3.21. The summed E-state index contributed by atoms with van der Waals surface area (Å²) in [5.41, 5.74) is 6.23. The summed E-state index contributed by atoms with van der Waals surface area (Å²) in [7, 11) is 1.67. The molecule has 0 radical (unpaired) electrons. The molecule has 2 aromatic rings. The maximum absolute atomic E-state index is 6.55. The van der Waals surface area contributed by atoms with Crippen molar-refractivity contribution in [3.8, 4) is 5.75 Å². The monoisotopic (exact) mass is 490 g/mol. The van der Waals surface area contributed by atoms with Crippen LogP contribution < -0.4 is 15.2 Å². The molecule has 1 N–H and O–H groups in total. The SMILES string of the molecule is COc1ccc(C2CC(C(=S)NN3CCCCCCC3)=NN2c2ccc(Cl)cc2Cl)cc1. The first-order chi connectivity index (χ1) is 15.5. The Balaban J connectivity index is 1.58. The summed E-state index contributed by atoms with van der Waals surface area (Å²) >= 11 is 18.5. The van der Waals surface area contributed by atoms with Crippen LogP contribution in [0.25, 0.3) is 0 Å². The van der Waals surface area contributed by atoms with E-state index in [1.54, 1.807) is 13.2 Å². The molecule has 2 aromatic carbocycles. The number of hydrogen-bond donors (Lipinski definition) is 1. The van der Waals surface area contributed by atoms with Crippen molar-refractivity contribution in [1.82, 2.24) is 10.4 Å². The van der Waals surface area contributed by atoms with Gasteiger partial charge in [-0.2, -0.15) is 5.10 Å². The van der Waals surface area contributed by atoms with Gasteiger partial charge in [0, 0.05) is 24.5 Å². The predicted molar refractivity (Wildman–Crippen MR) is 137 cm³/mol. The molecule has 0 aromatic heterocycles. The van der Waals surface area contributed by atoms with E-state index in [4.69, 9.17) is 45.3 Å². The quantitative estimate of drug-likeness (QED) is 0.490. The molecule has 1 fully saturated rings. The number of hydrazine groups is 1. The van der Waals surface area contributed by atoms with E-state index in [0.717, 1.165) is 35.8 Å². The van der Waals surface area contributed by atoms with Crippen molar-refractivity contribution in [3.05, 3.63) is 58.1 Å². The highest BCUT2D eigenvalue weighted by atomic mass is 35.5. The largest absolute Gasteiger partial charge is 0.497 e. The third-order valence-electron chi connectivity index (χ3n) is 5.95. The minimum Gasteiger partial charge on any atom is -0.497 e. The minimum absolute atomic E-state index is 0.0262. The molecular weight excluding hydrogens is 463 g/mol. The van der Waals surface area contributed by atoms with Crippen molar-refractivity contribution >= 4 is 51.8 Å². The summed E-state index contributed by atoms with van der Waals surface area (Å²) in [5.74, 6) is 0.818. The summed E-state index contributed by atoms with van der Waals surface area (Å²) in [6.45, 7) is 2.00. The second kappa shape index (κ2) is 10.8. The molecule has 1 atom stereocenters. The lowest BCUT2D eigenvalue weighted by Crippen LogP contribution is -2.45. The first-order valence-electron chi connectivity index (χ1n) is 11.1. The lowest BCUT2D eigenvalue weighted by atomic mass is 10.0. The van der Waals surface area contributed by atoms with Crippen LogP contribution in [-0.2, 0) is 0 Å². The Bertz CT molecular complexity index is 974. The van der Waals surface area contributed by atoms with Crippen molar-refractivity contribution < 1.29 is 4.74 Å². The lowest BCUT2D eigenvalue weighted by molar-refractivity contribution is 0.215. The maximum atomic E-state index is 6.55. The van der Waals surface area contributed by atoms with Crippen molar-refractivity contribution in [2.75, 3.05) is 25.2 Å². The molecule has 2 aliphatic rings. The van der Waals surface area contributed by atoms with Crippen LogP contribution in [0.5, 0.6) is 5.75 Å². The molecule has 2 aliphatic heterocycles. The molecule has 0 spiro atoms. The smallest absolute Gasteiger partial charge is 0.137 e. The van der Waals surface area contributed by atoms with Gasteiger partial charge in [-0.3, -0.25) is 5.01 Å². The number of benzene rings is 2. The van der Waals surface area contributed by atoms with E-state index in [1.165, 1.54) is 32.1 Å². The highest BCUT2D eigenvalue weighted by Crippen LogP contribution is 2.40. The first-order valence-corrected chi connectivity index (χ1v) is 12.2. The number of rotatable bonds is 5. The molecule has 0 saturated carbocycles. The van der Waals surface area contributed by atoms with Gasteiger partial charge in [0.05, 0.1) is 29.6 Å². The predicted octanol–water partition coefficient (Wildman–Crippen LogP) is 6.41. The number of ether oxygens (including phenoxy) is 1. The van der Waals surface area contributed by atoms with Gasteiger partial charge in [-0.05, 0) is 48.7 Å². The van der Waals surface area contributed by atoms with E-state index in [-0.39, 0.29) is 6.04 Å². The average molecular weight is 491 g/mol. The number of halogens is 2. The molecule has 5 nitrogen and oxygen atoms in total. The fraction of sp³-hybridized carbons (Fsp3) is 0.417. The molecule has 32 heavy (non-hydrogen) atoms. The van der Waals surface area contributed by atoms with Crippen LogP contribution >= 0.6 is 35.4 Å². The zero-order valence-corrected chi connectivity index (χ0v) is 20.5. The van der Waals surface area contributed by atoms with Crippen LogP contribution in [-0.4, -0.2) is 35.9 Å². The Morgan fingerprint density at radius 2 is 1.72 bits per heavy atom. The standard InChI is InChI=1S/C24H28Cl2N4OS/c1-31-19-10-7-17(8-11-19)23-16-21(24(32)28-29-13-5-3-2-4-6-14-29)27-30(23)22-12-9-18(25)15-20(22)26/h7-12,15,23H,2-6,13-14,16H2,1H3,(H,28,32). The zero-order chi connectivity index (χ0) is 22.5. The second-order valence-electron chi connectivity index (χ2n) is 8.18. The van der Waals surface area contributed by atoms with Gasteiger partial charge in [-0.25, -0.2) is 5.01 Å². The highest BCUT2D eigenvalue weighted by molar-refractivity contribution is 7.82. The van der Waals surface area contributed by atoms with Crippen LogP contribution in [0.2, 0.25) is 10.0 Å². The molecule has 2 heterocycles. The summed E-state index contributed by atoms with van der Waals surface area (Å²) in [5, 5.41) is 10.3. The van der Waals surface area contributed by atoms with E-state index in [0.29, 0.717) is 21.5 Å². The summed E-state index contributed by atoms with van der Waals surface area (Å²) < 4.78 is 5.32. The molecule has 0 amide bonds. The van der Waals surface area contributed by atoms with Crippen LogP contribution in [0, 0.1) is 0 Å². The Labute approximate surface area is 205 Å². The summed E-state index contributed by atoms with van der Waals surface area (Å²) in [6, 6.07) is 13.5. The van der Waals surface area contributed by atoms with Crippen molar-refractivity contribution in [2.24, 2.45) is 5.10 Å². The van der Waals surface area contributed by atoms with Gasteiger partial charge in [0.15, 0.2) is 0 Å². The minimum atomic E-state index is -0.0262. The van der Waals surface area contributed by atoms with Crippen LogP contribution in [0.1, 0.15) is 50.1 Å². The Morgan fingerprint density at radius 3 is 2.38 bits per heavy atom. The van der Waals surface area contributed by atoms with Crippen molar-refractivity contribution in [2.45, 2.75) is 44.6 Å². The number of methoxy groups -OCH3 is 1. The van der Waals surface area contributed by atoms with Crippen molar-refractivity contribution in [3.63, 3.8) is 0 Å². The molecular formula is C24H28Cl2N4OS. The van der Waals surface area contributed by atoms with E-state index in [9.17, 15) is 0 Å². The molecule has 0 bridgehead atoms. The molecule has 1 unspecified atom stereocenters. The third-order valence-corrected chi connectivity index (χ3v) is 6.81. The Hall–Kier alpha value is -1.86. The first kappa shape index (κ1) is 23.3. The van der Waals surface area contributed by atoms with E-state index in [1.807, 2.05) is 29.3 Å². The van der Waals surface area contributed by atoms with Crippen LogP contribution in [0.3, 0.4) is 0 Å². The second-order valence-corrected chi connectivity index (χ2v) is 9.43. The summed E-state index contributed by atoms with van der Waals surface area (Å²) in [4.78, 5) is 0.677.